The summed E-state index contributed by atoms with van der Waals surface area (Å²) in [5, 5.41) is 25.9. The number of thiophene rings is 4. The van der Waals surface area contributed by atoms with E-state index in [0.29, 0.717) is 46.7 Å². The van der Waals surface area contributed by atoms with Crippen LogP contribution in [-0.4, -0.2) is 74.5 Å². The Hall–Kier alpha value is -11.4. The van der Waals surface area contributed by atoms with Gasteiger partial charge < -0.3 is 10.5 Å². The van der Waals surface area contributed by atoms with E-state index in [2.05, 4.69) is 91.0 Å². The van der Waals surface area contributed by atoms with Gasteiger partial charge in [-0.15, -0.1) is 56.7 Å². The SMILES string of the molecule is CC(=O)Cc1cc(-c2cc3c(s2)C(=O)CC3c2ccc(Cl)cc2)ccn1.CC1=CC(=O)Nc2sc(-c3ccncc3)cc2C1(C)c1ccc(Cl)cc1.Cc1nn2ccccc2c1-c1nc2c(s1)C(=O)CCC2c1ccc(Cl)cc1.O/N=C1/CCC(c2ccc(Cl)cc2)c2cc(-c3ccncc3)sc21.O=C1CCCC(c2ccc(Cl)cc2)c2cc(-c3ccncc3)sc21. The zero-order valence-corrected chi connectivity index (χ0v) is 76.9. The number of hydrogen-bond donors (Lipinski definition) is 2. The maximum Gasteiger partial charge on any atom is 0.248 e. The fraction of sp³-hybridized carbons (Fsp3) is 0.176. The number of hydrogen-bond acceptors (Lipinski definition) is 18. The van der Waals surface area contributed by atoms with Crippen LogP contribution >= 0.6 is 115 Å². The number of fused-ring (bicyclic) bond motifs is 6. The number of nitrogens with zero attached hydrogens (tertiary/aromatic N) is 8. The van der Waals surface area contributed by atoms with Crippen molar-refractivity contribution in [1.82, 2.24) is 34.5 Å². The molecule has 11 aromatic heterocycles. The van der Waals surface area contributed by atoms with Gasteiger partial charge in [-0.2, -0.15) is 5.10 Å². The molecule has 0 fully saturated rings. The lowest BCUT2D eigenvalue weighted by Gasteiger charge is -2.31. The van der Waals surface area contributed by atoms with Crippen LogP contribution in [0.1, 0.15) is 197 Å². The van der Waals surface area contributed by atoms with Gasteiger partial charge in [-0.05, 0) is 272 Å². The molecule has 16 aromatic rings. The van der Waals surface area contributed by atoms with Gasteiger partial charge in [-0.3, -0.25) is 43.9 Å². The van der Waals surface area contributed by atoms with Crippen molar-refractivity contribution < 1.29 is 29.2 Å². The van der Waals surface area contributed by atoms with Gasteiger partial charge in [0.05, 0.1) is 47.7 Å². The number of anilines is 1. The van der Waals surface area contributed by atoms with Gasteiger partial charge in [0, 0.05) is 166 Å². The first-order valence-electron chi connectivity index (χ1n) is 41.3. The van der Waals surface area contributed by atoms with Crippen LogP contribution in [-0.2, 0) is 21.4 Å². The summed E-state index contributed by atoms with van der Waals surface area (Å²) in [7, 11) is 0. The van der Waals surface area contributed by atoms with Gasteiger partial charge in [0.25, 0.3) is 0 Å². The molecule has 21 rings (SSSR count). The molecule has 5 atom stereocenters. The average Bonchev–Trinajstić information content (AvgIpc) is 1.59. The number of pyridine rings is 5. The first kappa shape index (κ1) is 87.7. The summed E-state index contributed by atoms with van der Waals surface area (Å²) in [6.07, 6.45) is 22.5. The highest BCUT2D eigenvalue weighted by molar-refractivity contribution is 7.20. The lowest BCUT2D eigenvalue weighted by Crippen LogP contribution is -2.24. The molecule has 0 radical (unpaired) electrons. The number of Topliss-reactive ketones (excluding diaryl/α,β-unsaturated/α-hetero) is 4. The van der Waals surface area contributed by atoms with Crippen LogP contribution < -0.4 is 5.32 Å². The summed E-state index contributed by atoms with van der Waals surface area (Å²) in [5.74, 6) is 1.41. The highest BCUT2D eigenvalue weighted by atomic mass is 35.5. The number of rotatable bonds is 12. The van der Waals surface area contributed by atoms with Crippen molar-refractivity contribution in [2.75, 3.05) is 5.32 Å². The normalized spacial score (nSPS) is 17.6. The minimum Gasteiger partial charge on any atom is -0.411 e. The Morgan fingerprint density at radius 3 is 1.54 bits per heavy atom. The fourth-order valence-corrected chi connectivity index (χ4v) is 23.7. The third kappa shape index (κ3) is 19.1. The zero-order valence-electron chi connectivity index (χ0n) is 69.1. The van der Waals surface area contributed by atoms with Crippen LogP contribution in [0.5, 0.6) is 0 Å². The second kappa shape index (κ2) is 38.7. The number of halogens is 5. The number of carbonyl (C=O) groups excluding carboxylic acids is 5. The molecular formula is C102H80Cl5N9O6S5. The minimum absolute atomic E-state index is 0.0818. The number of thiazole rings is 1. The molecule has 15 nitrogen and oxygen atoms in total. The Morgan fingerprint density at radius 2 is 0.976 bits per heavy atom. The number of nitrogens with one attached hydrogen (secondary N) is 1. The summed E-state index contributed by atoms with van der Waals surface area (Å²) >= 11 is 38.1. The highest BCUT2D eigenvalue weighted by Gasteiger charge is 2.40. The number of aryl methyl sites for hydroxylation is 1. The predicted octanol–water partition coefficient (Wildman–Crippen LogP) is 28.0. The molecule has 1 amide bonds. The molecule has 0 saturated heterocycles. The number of benzene rings is 5. The van der Waals surface area contributed by atoms with Crippen molar-refractivity contribution in [3.05, 3.63) is 385 Å². The molecule has 0 spiro atoms. The Balaban J connectivity index is 0.000000112. The third-order valence-corrected chi connectivity index (χ3v) is 30.9. The first-order chi connectivity index (χ1) is 61.6. The molecule has 127 heavy (non-hydrogen) atoms. The van der Waals surface area contributed by atoms with Crippen LogP contribution in [0.25, 0.3) is 57.9 Å². The lowest BCUT2D eigenvalue weighted by molar-refractivity contribution is -0.116. The van der Waals surface area contributed by atoms with Crippen LogP contribution in [0, 0.1) is 6.92 Å². The van der Waals surface area contributed by atoms with E-state index in [9.17, 15) is 29.2 Å². The predicted molar refractivity (Wildman–Crippen MR) is 517 cm³/mol. The maximum atomic E-state index is 12.6. The topological polar surface area (TPSA) is 212 Å². The Morgan fingerprint density at radius 1 is 0.504 bits per heavy atom. The van der Waals surface area contributed by atoms with Crippen molar-refractivity contribution in [2.45, 2.75) is 115 Å². The molecule has 2 N–H and O–H groups in total. The minimum atomic E-state index is -0.416. The first-order valence-corrected chi connectivity index (χ1v) is 47.3. The molecule has 12 heterocycles. The molecule has 5 unspecified atom stereocenters. The van der Waals surface area contributed by atoms with Crippen LogP contribution in [0.2, 0.25) is 25.1 Å². The van der Waals surface area contributed by atoms with Gasteiger partial charge in [-0.25, -0.2) is 9.50 Å². The number of amides is 1. The summed E-state index contributed by atoms with van der Waals surface area (Å²) in [4.78, 5) is 90.9. The van der Waals surface area contributed by atoms with Crippen molar-refractivity contribution in [2.24, 2.45) is 5.16 Å². The number of oxime groups is 1. The average molecular weight is 1870 g/mol. The maximum absolute atomic E-state index is 12.6. The second-order valence-electron chi connectivity index (χ2n) is 31.7. The van der Waals surface area contributed by atoms with E-state index in [4.69, 9.17) is 63.0 Å². The monoisotopic (exact) mass is 1860 g/mol. The Bertz CT molecular complexity index is 6850. The number of ketones is 4. The van der Waals surface area contributed by atoms with Gasteiger partial charge >= 0.3 is 0 Å². The van der Waals surface area contributed by atoms with E-state index < -0.39 is 5.41 Å². The molecule has 1 aliphatic heterocycles. The van der Waals surface area contributed by atoms with Gasteiger partial charge in [0.15, 0.2) is 17.3 Å². The van der Waals surface area contributed by atoms with E-state index in [-0.39, 0.29) is 46.8 Å². The van der Waals surface area contributed by atoms with Crippen molar-refractivity contribution in [3.63, 3.8) is 0 Å². The molecule has 5 aliphatic rings. The van der Waals surface area contributed by atoms with E-state index in [0.717, 1.165) is 181 Å². The number of aromatic nitrogens is 7. The standard InChI is InChI=1S/C21H16ClN3OS.C21H17ClN2OS.C21H16ClNO2S.C20H16ClNOS.C19H15ClN2OS/c1-12-18(16-4-2-3-11-25(16)24-12)21-23-19-15(9-10-17(26)20(19)27-21)13-5-7-14(22)8-6-13;1-13-11-19(25)24-20-17(12-18(26-20)14-7-9-23-10-8-14)21(13,2)15-3-5-16(22)6-4-15;1-12(24)8-16-9-14(6-7-23-16)20-11-18-17(10-19(25)21(18)26-20)13-2-4-15(22)5-3-13;21-15-6-4-13(5-7-15)16-2-1-3-18(23)20-17(16)12-19(24-20)14-8-10-22-11-9-14;20-14-3-1-12(2-4-14)15-5-6-17(22-23)19-16(15)11-18(24-19)13-7-9-21-10-8-13/h2-8,11,15H,9-10H2,1H3;3-12H,1-2H3,(H,24,25);2-7,9,11,17H,8,10H2,1H3;4-12,16H,1-3H2;1-4,7-11,15,23H,5-6H2/b;;;;22-17-. The summed E-state index contributed by atoms with van der Waals surface area (Å²) < 4.78 is 1.86. The molecular weight excluding hydrogens is 1780 g/mol. The van der Waals surface area contributed by atoms with Gasteiger partial charge in [0.1, 0.15) is 15.8 Å². The van der Waals surface area contributed by atoms with Crippen molar-refractivity contribution in [3.8, 4) is 52.3 Å². The molecule has 634 valence electrons. The Kier molecular flexibility index (Phi) is 26.7. The fourth-order valence-electron chi connectivity index (χ4n) is 17.1. The summed E-state index contributed by atoms with van der Waals surface area (Å²) in [6, 6.07) is 70.0. The number of allylic oxidation sites excluding steroid dienone is 1. The lowest BCUT2D eigenvalue weighted by atomic mass is 9.72. The van der Waals surface area contributed by atoms with E-state index in [1.165, 1.54) is 44.2 Å². The smallest absolute Gasteiger partial charge is 0.248 e. The molecule has 0 bridgehead atoms. The van der Waals surface area contributed by atoms with Crippen molar-refractivity contribution in [1.29, 1.82) is 0 Å². The Labute approximate surface area is 779 Å². The van der Waals surface area contributed by atoms with Crippen LogP contribution in [0.3, 0.4) is 0 Å². The number of carbonyl (C=O) groups is 5. The molecule has 5 aromatic carbocycles. The highest BCUT2D eigenvalue weighted by Crippen LogP contribution is 2.52. The molecule has 0 saturated carbocycles. The van der Waals surface area contributed by atoms with E-state index in [1.54, 1.807) is 90.4 Å². The van der Waals surface area contributed by atoms with Gasteiger partial charge in [-0.1, -0.05) is 135 Å². The van der Waals surface area contributed by atoms with Gasteiger partial charge in [0.2, 0.25) is 5.91 Å². The van der Waals surface area contributed by atoms with E-state index >= 15 is 0 Å². The summed E-state index contributed by atoms with van der Waals surface area (Å²) in [6.45, 7) is 7.71. The largest absolute Gasteiger partial charge is 0.411 e. The summed E-state index contributed by atoms with van der Waals surface area (Å²) in [5.41, 5.74) is 20.7. The van der Waals surface area contributed by atoms with E-state index in [1.807, 2.05) is 188 Å². The zero-order chi connectivity index (χ0) is 88.1. The van der Waals surface area contributed by atoms with Crippen LogP contribution in [0.4, 0.5) is 5.00 Å². The molecule has 4 aliphatic carbocycles. The molecule has 25 heteroatoms. The quantitative estimate of drug-likeness (QED) is 0.0664. The second-order valence-corrected chi connectivity index (χ2v) is 39.1. The van der Waals surface area contributed by atoms with Crippen molar-refractivity contribution >= 4 is 160 Å². The van der Waals surface area contributed by atoms with Crippen LogP contribution in [0.15, 0.2) is 279 Å². The third-order valence-electron chi connectivity index (χ3n) is 23.7.